The zero-order chi connectivity index (χ0) is 15.9. The Morgan fingerprint density at radius 3 is 3.05 bits per heavy atom. The van der Waals surface area contributed by atoms with Crippen LogP contribution in [-0.2, 0) is 9.59 Å². The summed E-state index contributed by atoms with van der Waals surface area (Å²) in [6.07, 6.45) is 3.97. The third kappa shape index (κ3) is 4.19. The third-order valence-electron chi connectivity index (χ3n) is 3.52. The largest absolute Gasteiger partial charge is 0.354 e. The Morgan fingerprint density at radius 2 is 2.36 bits per heavy atom. The number of aromatic nitrogens is 1. The first-order valence-electron chi connectivity index (χ1n) is 7.24. The second-order valence-electron chi connectivity index (χ2n) is 5.28. The standard InChI is InChI=1S/C15H19N5O2/c1-20(13-6-5-11(8-16)9-18-13)10-14(21)19-12-4-2-3-7-17-15(12)22/h5-6,9,12H,2-4,7,10H2,1H3,(H,17,22)(H,19,21)/t12-/m1/s1. The molecule has 1 fully saturated rings. The molecular formula is C15H19N5O2. The quantitative estimate of drug-likeness (QED) is 0.826. The Hall–Kier alpha value is -2.62. The summed E-state index contributed by atoms with van der Waals surface area (Å²) >= 11 is 0. The van der Waals surface area contributed by atoms with E-state index in [1.807, 2.05) is 6.07 Å². The van der Waals surface area contributed by atoms with Crippen LogP contribution in [0.5, 0.6) is 0 Å². The molecule has 7 heteroatoms. The van der Waals surface area contributed by atoms with Crippen molar-refractivity contribution < 1.29 is 9.59 Å². The van der Waals surface area contributed by atoms with Crippen LogP contribution < -0.4 is 15.5 Å². The van der Waals surface area contributed by atoms with E-state index in [0.717, 1.165) is 12.8 Å². The number of likely N-dealkylation sites (N-methyl/N-ethyl adjacent to an activating group) is 1. The Balaban J connectivity index is 1.90. The van der Waals surface area contributed by atoms with Crippen molar-refractivity contribution in [3.05, 3.63) is 23.9 Å². The fourth-order valence-electron chi connectivity index (χ4n) is 2.29. The van der Waals surface area contributed by atoms with Gasteiger partial charge in [0.15, 0.2) is 0 Å². The summed E-state index contributed by atoms with van der Waals surface area (Å²) in [6, 6.07) is 4.87. The van der Waals surface area contributed by atoms with Gasteiger partial charge in [0, 0.05) is 19.8 Å². The maximum Gasteiger partial charge on any atom is 0.242 e. The van der Waals surface area contributed by atoms with E-state index in [-0.39, 0.29) is 18.4 Å². The molecule has 0 aliphatic carbocycles. The molecule has 2 amide bonds. The highest BCUT2D eigenvalue weighted by molar-refractivity contribution is 5.89. The van der Waals surface area contributed by atoms with Crippen LogP contribution in [0.25, 0.3) is 0 Å². The lowest BCUT2D eigenvalue weighted by Gasteiger charge is -2.20. The highest BCUT2D eigenvalue weighted by Crippen LogP contribution is 2.09. The van der Waals surface area contributed by atoms with E-state index < -0.39 is 6.04 Å². The van der Waals surface area contributed by atoms with Gasteiger partial charge in [-0.05, 0) is 31.4 Å². The third-order valence-corrected chi connectivity index (χ3v) is 3.52. The maximum absolute atomic E-state index is 12.1. The highest BCUT2D eigenvalue weighted by Gasteiger charge is 2.22. The summed E-state index contributed by atoms with van der Waals surface area (Å²) in [7, 11) is 1.74. The van der Waals surface area contributed by atoms with Crippen molar-refractivity contribution in [1.29, 1.82) is 5.26 Å². The number of pyridine rings is 1. The van der Waals surface area contributed by atoms with Gasteiger partial charge in [-0.1, -0.05) is 0 Å². The van der Waals surface area contributed by atoms with Crippen molar-refractivity contribution in [2.45, 2.75) is 25.3 Å². The molecule has 7 nitrogen and oxygen atoms in total. The predicted octanol–water partition coefficient (Wildman–Crippen LogP) is 0.174. The van der Waals surface area contributed by atoms with Gasteiger partial charge in [0.1, 0.15) is 17.9 Å². The molecule has 2 heterocycles. The van der Waals surface area contributed by atoms with E-state index in [9.17, 15) is 9.59 Å². The predicted molar refractivity (Wildman–Crippen MR) is 81.0 cm³/mol. The van der Waals surface area contributed by atoms with Gasteiger partial charge in [0.05, 0.1) is 12.1 Å². The second kappa shape index (κ2) is 7.41. The summed E-state index contributed by atoms with van der Waals surface area (Å²) < 4.78 is 0. The molecule has 116 valence electrons. The number of anilines is 1. The number of amides is 2. The average molecular weight is 301 g/mol. The SMILES string of the molecule is CN(CC(=O)N[C@@H]1CCCCNC1=O)c1ccc(C#N)cn1. The lowest BCUT2D eigenvalue weighted by Crippen LogP contribution is -2.48. The average Bonchev–Trinajstić information content (AvgIpc) is 2.72. The fourth-order valence-corrected chi connectivity index (χ4v) is 2.29. The van der Waals surface area contributed by atoms with Crippen LogP contribution in [0, 0.1) is 11.3 Å². The van der Waals surface area contributed by atoms with Crippen LogP contribution in [0.3, 0.4) is 0 Å². The van der Waals surface area contributed by atoms with Gasteiger partial charge >= 0.3 is 0 Å². The van der Waals surface area contributed by atoms with Crippen molar-refractivity contribution in [2.24, 2.45) is 0 Å². The van der Waals surface area contributed by atoms with Gasteiger partial charge in [-0.15, -0.1) is 0 Å². The molecule has 1 aromatic rings. The van der Waals surface area contributed by atoms with Crippen molar-refractivity contribution in [1.82, 2.24) is 15.6 Å². The van der Waals surface area contributed by atoms with Gasteiger partial charge in [-0.25, -0.2) is 4.98 Å². The first-order chi connectivity index (χ1) is 10.6. The van der Waals surface area contributed by atoms with Crippen LogP contribution in [0.2, 0.25) is 0 Å². The van der Waals surface area contributed by atoms with Gasteiger partial charge in [0.25, 0.3) is 0 Å². The van der Waals surface area contributed by atoms with E-state index >= 15 is 0 Å². The molecular weight excluding hydrogens is 282 g/mol. The van der Waals surface area contributed by atoms with E-state index in [4.69, 9.17) is 5.26 Å². The van der Waals surface area contributed by atoms with Gasteiger partial charge in [-0.2, -0.15) is 5.26 Å². The van der Waals surface area contributed by atoms with Crippen LogP contribution in [-0.4, -0.2) is 43.0 Å². The smallest absolute Gasteiger partial charge is 0.242 e. The van der Waals surface area contributed by atoms with Crippen molar-refractivity contribution in [3.63, 3.8) is 0 Å². The van der Waals surface area contributed by atoms with Gasteiger partial charge in [0.2, 0.25) is 11.8 Å². The molecule has 1 atom stereocenters. The maximum atomic E-state index is 12.1. The zero-order valence-corrected chi connectivity index (χ0v) is 12.5. The Kier molecular flexibility index (Phi) is 5.31. The lowest BCUT2D eigenvalue weighted by atomic mass is 10.1. The molecule has 0 radical (unpaired) electrons. The lowest BCUT2D eigenvalue weighted by molar-refractivity contribution is -0.128. The van der Waals surface area contributed by atoms with Crippen molar-refractivity contribution >= 4 is 17.6 Å². The molecule has 2 rings (SSSR count). The number of carbonyl (C=O) groups is 2. The molecule has 0 unspecified atom stereocenters. The Morgan fingerprint density at radius 1 is 1.55 bits per heavy atom. The number of hydrogen-bond donors (Lipinski definition) is 2. The topological polar surface area (TPSA) is 98.1 Å². The summed E-state index contributed by atoms with van der Waals surface area (Å²) in [6.45, 7) is 0.767. The van der Waals surface area contributed by atoms with E-state index in [1.165, 1.54) is 6.20 Å². The minimum Gasteiger partial charge on any atom is -0.354 e. The van der Waals surface area contributed by atoms with Crippen molar-refractivity contribution in [3.8, 4) is 6.07 Å². The second-order valence-corrected chi connectivity index (χ2v) is 5.28. The molecule has 0 saturated carbocycles. The molecule has 0 bridgehead atoms. The molecule has 0 aromatic carbocycles. The molecule has 0 spiro atoms. The molecule has 1 aliphatic heterocycles. The minimum absolute atomic E-state index is 0.0999. The Labute approximate surface area is 129 Å². The molecule has 1 aliphatic rings. The molecule has 1 saturated heterocycles. The van der Waals surface area contributed by atoms with E-state index in [0.29, 0.717) is 24.3 Å². The number of hydrogen-bond acceptors (Lipinski definition) is 5. The van der Waals surface area contributed by atoms with Gasteiger partial charge < -0.3 is 15.5 Å². The molecule has 2 N–H and O–H groups in total. The van der Waals surface area contributed by atoms with Crippen LogP contribution in [0.15, 0.2) is 18.3 Å². The number of nitrogens with one attached hydrogen (secondary N) is 2. The van der Waals surface area contributed by atoms with E-state index in [2.05, 4.69) is 15.6 Å². The fraction of sp³-hybridized carbons (Fsp3) is 0.467. The number of rotatable bonds is 4. The summed E-state index contributed by atoms with van der Waals surface area (Å²) in [5.41, 5.74) is 0.469. The zero-order valence-electron chi connectivity index (χ0n) is 12.5. The molecule has 1 aromatic heterocycles. The van der Waals surface area contributed by atoms with E-state index in [1.54, 1.807) is 24.1 Å². The Bertz CT molecular complexity index is 579. The summed E-state index contributed by atoms with van der Waals surface area (Å²) in [5, 5.41) is 14.3. The first kappa shape index (κ1) is 15.8. The minimum atomic E-state index is -0.461. The van der Waals surface area contributed by atoms with Crippen LogP contribution in [0.4, 0.5) is 5.82 Å². The summed E-state index contributed by atoms with van der Waals surface area (Å²) in [4.78, 5) is 29.7. The number of carbonyl (C=O) groups excluding carboxylic acids is 2. The number of nitrogens with zero attached hydrogens (tertiary/aromatic N) is 3. The highest BCUT2D eigenvalue weighted by atomic mass is 16.2. The van der Waals surface area contributed by atoms with Crippen molar-refractivity contribution in [2.75, 3.05) is 25.0 Å². The number of nitriles is 1. The molecule has 22 heavy (non-hydrogen) atoms. The summed E-state index contributed by atoms with van der Waals surface area (Å²) in [5.74, 6) is 0.250. The first-order valence-corrected chi connectivity index (χ1v) is 7.24. The van der Waals surface area contributed by atoms with Gasteiger partial charge in [-0.3, -0.25) is 9.59 Å². The monoisotopic (exact) mass is 301 g/mol. The van der Waals surface area contributed by atoms with Crippen LogP contribution >= 0.6 is 0 Å². The normalized spacial score (nSPS) is 17.8. The van der Waals surface area contributed by atoms with Crippen LogP contribution in [0.1, 0.15) is 24.8 Å².